The molecule has 0 fully saturated rings. The Morgan fingerprint density at radius 3 is 2.69 bits per heavy atom. The van der Waals surface area contributed by atoms with E-state index in [0.29, 0.717) is 0 Å². The minimum absolute atomic E-state index is 0.192. The highest BCUT2D eigenvalue weighted by atomic mass is 16.2. The smallest absolute Gasteiger partial charge is 0.106 e. The molecule has 2 rings (SSSR count). The molecule has 4 N–H and O–H groups in total. The number of nitrogen functional groups attached to an aromatic ring is 1. The number of nitrogens with two attached hydrogens (primary N) is 1. The van der Waals surface area contributed by atoms with E-state index in [0.717, 1.165) is 35.6 Å². The third-order valence-electron chi connectivity index (χ3n) is 2.42. The Kier molecular flexibility index (Phi) is 3.22. The van der Waals surface area contributed by atoms with Gasteiger partial charge < -0.3 is 15.8 Å². The number of nitrogens with zero attached hydrogens (tertiary/aromatic N) is 1. The van der Waals surface area contributed by atoms with E-state index >= 15 is 0 Å². The van der Waals surface area contributed by atoms with Gasteiger partial charge >= 0.3 is 0 Å². The summed E-state index contributed by atoms with van der Waals surface area (Å²) in [5, 5.41) is 8.73. The molecular weight excluding hydrogens is 202 g/mol. The molecule has 2 aromatic rings. The van der Waals surface area contributed by atoms with Gasteiger partial charge in [0.1, 0.15) is 5.82 Å². The van der Waals surface area contributed by atoms with Gasteiger partial charge in [-0.15, -0.1) is 0 Å². The molecule has 4 nitrogen and oxygen atoms in total. The number of aryl methyl sites for hydroxylation is 1. The molecule has 0 aliphatic carbocycles. The van der Waals surface area contributed by atoms with E-state index in [-0.39, 0.29) is 6.61 Å². The van der Waals surface area contributed by atoms with Gasteiger partial charge in [0.05, 0.1) is 11.9 Å². The van der Waals surface area contributed by atoms with Crippen LogP contribution in [0.15, 0.2) is 30.5 Å². The maximum Gasteiger partial charge on any atom is 0.106 e. The number of benzene rings is 1. The molecule has 0 radical (unpaired) electrons. The Balaban J connectivity index is 2.15. The van der Waals surface area contributed by atoms with E-state index in [1.165, 1.54) is 0 Å². The highest BCUT2D eigenvalue weighted by molar-refractivity contribution is 5.61. The maximum absolute atomic E-state index is 8.73. The molecule has 0 bridgehead atoms. The summed E-state index contributed by atoms with van der Waals surface area (Å²) in [4.78, 5) is 7.48. The first kappa shape index (κ1) is 10.7. The summed E-state index contributed by atoms with van der Waals surface area (Å²) in [6, 6.07) is 7.64. The van der Waals surface area contributed by atoms with Crippen LogP contribution in [-0.4, -0.2) is 21.7 Å². The van der Waals surface area contributed by atoms with Crippen molar-refractivity contribution < 1.29 is 5.11 Å². The first-order valence-electron chi connectivity index (χ1n) is 5.30. The van der Waals surface area contributed by atoms with E-state index in [1.807, 2.05) is 24.3 Å². The van der Waals surface area contributed by atoms with Crippen molar-refractivity contribution >= 4 is 5.69 Å². The number of imidazole rings is 1. The fourth-order valence-electron chi connectivity index (χ4n) is 1.55. The van der Waals surface area contributed by atoms with E-state index in [2.05, 4.69) is 9.97 Å². The second-order valence-corrected chi connectivity index (χ2v) is 3.69. The van der Waals surface area contributed by atoms with Crippen molar-refractivity contribution in [2.45, 2.75) is 12.8 Å². The van der Waals surface area contributed by atoms with E-state index in [9.17, 15) is 0 Å². The molecule has 4 heteroatoms. The summed E-state index contributed by atoms with van der Waals surface area (Å²) in [5.41, 5.74) is 8.42. The normalized spacial score (nSPS) is 10.6. The molecule has 0 saturated carbocycles. The standard InChI is InChI=1S/C12H15N3O/c13-10-5-3-9(4-6-10)11-8-14-12(15-11)2-1-7-16/h3-6,8,16H,1-2,7,13H2,(H,14,15). The second-order valence-electron chi connectivity index (χ2n) is 3.69. The van der Waals surface area contributed by atoms with Crippen LogP contribution in [0.5, 0.6) is 0 Å². The quantitative estimate of drug-likeness (QED) is 0.681. The molecule has 0 aliphatic rings. The van der Waals surface area contributed by atoms with Crippen LogP contribution in [-0.2, 0) is 6.42 Å². The summed E-state index contributed by atoms with van der Waals surface area (Å²) < 4.78 is 0. The zero-order chi connectivity index (χ0) is 11.4. The first-order valence-corrected chi connectivity index (χ1v) is 5.30. The van der Waals surface area contributed by atoms with Crippen molar-refractivity contribution in [3.63, 3.8) is 0 Å². The number of nitrogens with one attached hydrogen (secondary N) is 1. The fourth-order valence-corrected chi connectivity index (χ4v) is 1.55. The van der Waals surface area contributed by atoms with Crippen LogP contribution < -0.4 is 5.73 Å². The van der Waals surface area contributed by atoms with Gasteiger partial charge in [-0.2, -0.15) is 0 Å². The van der Waals surface area contributed by atoms with Gasteiger partial charge in [0.25, 0.3) is 0 Å². The van der Waals surface area contributed by atoms with Crippen LogP contribution in [0.25, 0.3) is 11.3 Å². The lowest BCUT2D eigenvalue weighted by molar-refractivity contribution is 0.287. The minimum Gasteiger partial charge on any atom is -0.399 e. The number of anilines is 1. The number of aromatic nitrogens is 2. The van der Waals surface area contributed by atoms with Crippen LogP contribution in [0.4, 0.5) is 5.69 Å². The lowest BCUT2D eigenvalue weighted by atomic mass is 10.1. The van der Waals surface area contributed by atoms with Crippen LogP contribution in [0, 0.1) is 0 Å². The Labute approximate surface area is 94.1 Å². The van der Waals surface area contributed by atoms with E-state index in [4.69, 9.17) is 10.8 Å². The maximum atomic E-state index is 8.73. The van der Waals surface area contributed by atoms with Gasteiger partial charge in [0.15, 0.2) is 0 Å². The number of aliphatic hydroxyl groups excluding tert-OH is 1. The van der Waals surface area contributed by atoms with Crippen LogP contribution in [0.1, 0.15) is 12.2 Å². The summed E-state index contributed by atoms with van der Waals surface area (Å²) in [6.07, 6.45) is 3.30. The fraction of sp³-hybridized carbons (Fsp3) is 0.250. The van der Waals surface area contributed by atoms with E-state index < -0.39 is 0 Å². The zero-order valence-corrected chi connectivity index (χ0v) is 8.98. The molecule has 1 aromatic heterocycles. The molecule has 0 saturated heterocycles. The molecule has 1 aromatic carbocycles. The van der Waals surface area contributed by atoms with Crippen molar-refractivity contribution in [1.29, 1.82) is 0 Å². The Hall–Kier alpha value is -1.81. The SMILES string of the molecule is Nc1ccc(-c2cnc(CCCO)[nH]2)cc1. The van der Waals surface area contributed by atoms with Crippen molar-refractivity contribution in [2.75, 3.05) is 12.3 Å². The average molecular weight is 217 g/mol. The Morgan fingerprint density at radius 1 is 1.25 bits per heavy atom. The van der Waals surface area contributed by atoms with Gasteiger partial charge in [0, 0.05) is 18.7 Å². The van der Waals surface area contributed by atoms with Crippen molar-refractivity contribution in [1.82, 2.24) is 9.97 Å². The predicted molar refractivity (Wildman–Crippen MR) is 63.8 cm³/mol. The highest BCUT2D eigenvalue weighted by Crippen LogP contribution is 2.18. The molecule has 84 valence electrons. The summed E-state index contributed by atoms with van der Waals surface area (Å²) in [7, 11) is 0. The molecule has 0 aliphatic heterocycles. The Morgan fingerprint density at radius 2 is 2.00 bits per heavy atom. The molecule has 1 heterocycles. The third kappa shape index (κ3) is 2.41. The van der Waals surface area contributed by atoms with E-state index in [1.54, 1.807) is 6.20 Å². The molecule has 0 atom stereocenters. The first-order chi connectivity index (χ1) is 7.79. The molecule has 16 heavy (non-hydrogen) atoms. The minimum atomic E-state index is 0.192. The topological polar surface area (TPSA) is 74.9 Å². The average Bonchev–Trinajstić information content (AvgIpc) is 2.76. The van der Waals surface area contributed by atoms with Gasteiger partial charge in [-0.05, 0) is 24.1 Å². The molecule has 0 unspecified atom stereocenters. The number of aliphatic hydroxyl groups is 1. The number of rotatable bonds is 4. The largest absolute Gasteiger partial charge is 0.399 e. The van der Waals surface area contributed by atoms with Crippen molar-refractivity contribution in [3.8, 4) is 11.3 Å². The number of H-pyrrole nitrogens is 1. The van der Waals surface area contributed by atoms with Crippen molar-refractivity contribution in [3.05, 3.63) is 36.3 Å². The van der Waals surface area contributed by atoms with Crippen LogP contribution in [0.2, 0.25) is 0 Å². The predicted octanol–water partition coefficient (Wildman–Crippen LogP) is 1.58. The van der Waals surface area contributed by atoms with Gasteiger partial charge in [-0.3, -0.25) is 0 Å². The molecular formula is C12H15N3O. The summed E-state index contributed by atoms with van der Waals surface area (Å²) in [6.45, 7) is 0.192. The highest BCUT2D eigenvalue weighted by Gasteiger charge is 2.02. The third-order valence-corrected chi connectivity index (χ3v) is 2.42. The zero-order valence-electron chi connectivity index (χ0n) is 8.98. The van der Waals surface area contributed by atoms with Crippen LogP contribution >= 0.6 is 0 Å². The lowest BCUT2D eigenvalue weighted by Gasteiger charge is -1.98. The summed E-state index contributed by atoms with van der Waals surface area (Å²) >= 11 is 0. The number of hydrogen-bond acceptors (Lipinski definition) is 3. The van der Waals surface area contributed by atoms with Gasteiger partial charge in [-0.1, -0.05) is 12.1 Å². The van der Waals surface area contributed by atoms with Crippen LogP contribution in [0.3, 0.4) is 0 Å². The molecule has 0 spiro atoms. The van der Waals surface area contributed by atoms with Gasteiger partial charge in [0.2, 0.25) is 0 Å². The second kappa shape index (κ2) is 4.81. The number of hydrogen-bond donors (Lipinski definition) is 3. The monoisotopic (exact) mass is 217 g/mol. The van der Waals surface area contributed by atoms with Gasteiger partial charge in [-0.25, -0.2) is 4.98 Å². The van der Waals surface area contributed by atoms with Crippen molar-refractivity contribution in [2.24, 2.45) is 0 Å². The number of aromatic amines is 1. The Bertz CT molecular complexity index is 448. The summed E-state index contributed by atoms with van der Waals surface area (Å²) in [5.74, 6) is 0.904. The lowest BCUT2D eigenvalue weighted by Crippen LogP contribution is -1.91. The molecule has 0 amide bonds.